The summed E-state index contributed by atoms with van der Waals surface area (Å²) in [5.74, 6) is -1.70. The minimum Gasteiger partial charge on any atom is -0.468 e. The minimum absolute atomic E-state index is 0.142. The van der Waals surface area contributed by atoms with Crippen LogP contribution in [0.1, 0.15) is 65.2 Å². The molecular formula is C29H40O6S. The molecule has 1 aromatic rings. The van der Waals surface area contributed by atoms with Crippen LogP contribution in [0.2, 0.25) is 0 Å². The Morgan fingerprint density at radius 3 is 2.56 bits per heavy atom. The topological polar surface area (TPSA) is 78.9 Å². The number of ether oxygens (including phenoxy) is 3. The van der Waals surface area contributed by atoms with Crippen LogP contribution in [0.4, 0.5) is 0 Å². The highest BCUT2D eigenvalue weighted by Gasteiger charge is 2.60. The van der Waals surface area contributed by atoms with Crippen LogP contribution in [0.25, 0.3) is 0 Å². The fraction of sp³-hybridized carbons (Fsp3) is 0.552. The fourth-order valence-corrected chi connectivity index (χ4v) is 5.63. The van der Waals surface area contributed by atoms with Crippen molar-refractivity contribution in [3.05, 3.63) is 54.6 Å². The zero-order valence-electron chi connectivity index (χ0n) is 21.8. The number of carbonyl (C=O) groups is 3. The lowest BCUT2D eigenvalue weighted by atomic mass is 9.72. The molecule has 0 aromatic heterocycles. The standard InChI is InChI=1S/C29H40O6S/c1-4-6-7-8-14-19-25(36-23-17-12-11-13-18-23)24-22-35-28(32)29(24,27(31)33-3)21-16-10-9-15-20-26(30)34-5-2/h10-14,16-19,24-25H,4-9,15,20-22H2,1-3H3/b16-10?,19-14+. The number of benzene rings is 1. The molecule has 0 bridgehead atoms. The Labute approximate surface area is 219 Å². The normalized spacial score (nSPS) is 20.5. The van der Waals surface area contributed by atoms with Gasteiger partial charge in [0.15, 0.2) is 5.41 Å². The van der Waals surface area contributed by atoms with Crippen LogP contribution < -0.4 is 0 Å². The molecule has 1 aliphatic rings. The van der Waals surface area contributed by atoms with Crippen molar-refractivity contribution in [3.63, 3.8) is 0 Å². The molecule has 1 fully saturated rings. The number of carbonyl (C=O) groups excluding carboxylic acids is 3. The van der Waals surface area contributed by atoms with Gasteiger partial charge in [0.25, 0.3) is 0 Å². The maximum atomic E-state index is 13.2. The third-order valence-electron chi connectivity index (χ3n) is 6.32. The van der Waals surface area contributed by atoms with Crippen molar-refractivity contribution in [2.45, 2.75) is 75.4 Å². The first-order valence-corrected chi connectivity index (χ1v) is 13.8. The van der Waals surface area contributed by atoms with E-state index in [1.165, 1.54) is 13.5 Å². The molecule has 1 saturated heterocycles. The van der Waals surface area contributed by atoms with Gasteiger partial charge in [-0.3, -0.25) is 14.4 Å². The Kier molecular flexibility index (Phi) is 13.4. The first-order chi connectivity index (χ1) is 17.5. The first-order valence-electron chi connectivity index (χ1n) is 12.9. The molecule has 1 aromatic carbocycles. The molecule has 0 radical (unpaired) electrons. The first kappa shape index (κ1) is 29.7. The summed E-state index contributed by atoms with van der Waals surface area (Å²) in [7, 11) is 1.32. The summed E-state index contributed by atoms with van der Waals surface area (Å²) in [4.78, 5) is 38.9. The number of esters is 3. The lowest BCUT2D eigenvalue weighted by Gasteiger charge is -2.31. The zero-order valence-corrected chi connectivity index (χ0v) is 22.6. The average molecular weight is 517 g/mol. The predicted molar refractivity (Wildman–Crippen MR) is 143 cm³/mol. The van der Waals surface area contributed by atoms with Crippen molar-refractivity contribution in [3.8, 4) is 0 Å². The lowest BCUT2D eigenvalue weighted by Crippen LogP contribution is -2.45. The van der Waals surface area contributed by atoms with Crippen LogP contribution in [0.15, 0.2) is 59.5 Å². The SMILES string of the molecule is CCCCC/C=C/C(Sc1ccccc1)C1COC(=O)C1(CC=CCCCC(=O)OCC)C(=O)OC. The van der Waals surface area contributed by atoms with Gasteiger partial charge >= 0.3 is 17.9 Å². The second-order valence-electron chi connectivity index (χ2n) is 8.86. The Morgan fingerprint density at radius 1 is 1.11 bits per heavy atom. The predicted octanol–water partition coefficient (Wildman–Crippen LogP) is 6.30. The van der Waals surface area contributed by atoms with Gasteiger partial charge in [-0.1, -0.05) is 62.3 Å². The van der Waals surface area contributed by atoms with Crippen molar-refractivity contribution in [1.82, 2.24) is 0 Å². The molecule has 1 aliphatic heterocycles. The minimum atomic E-state index is -1.41. The molecule has 3 atom stereocenters. The van der Waals surface area contributed by atoms with E-state index in [1.807, 2.05) is 42.5 Å². The van der Waals surface area contributed by atoms with Gasteiger partial charge < -0.3 is 14.2 Å². The van der Waals surface area contributed by atoms with E-state index in [9.17, 15) is 14.4 Å². The highest BCUT2D eigenvalue weighted by Crippen LogP contribution is 2.47. The van der Waals surface area contributed by atoms with Crippen LogP contribution in [0.3, 0.4) is 0 Å². The molecule has 0 aliphatic carbocycles. The Balaban J connectivity index is 2.23. The van der Waals surface area contributed by atoms with Crippen LogP contribution in [0.5, 0.6) is 0 Å². The molecule has 36 heavy (non-hydrogen) atoms. The molecule has 0 saturated carbocycles. The van der Waals surface area contributed by atoms with E-state index in [0.29, 0.717) is 25.9 Å². The molecule has 1 heterocycles. The van der Waals surface area contributed by atoms with Crippen molar-refractivity contribution < 1.29 is 28.6 Å². The second kappa shape index (κ2) is 16.3. The number of hydrogen-bond acceptors (Lipinski definition) is 7. The second-order valence-corrected chi connectivity index (χ2v) is 10.1. The van der Waals surface area contributed by atoms with Crippen LogP contribution >= 0.6 is 11.8 Å². The van der Waals surface area contributed by atoms with E-state index in [4.69, 9.17) is 14.2 Å². The fourth-order valence-electron chi connectivity index (χ4n) is 4.34. The number of methoxy groups -OCH3 is 1. The van der Waals surface area contributed by atoms with Gasteiger partial charge in [0.1, 0.15) is 0 Å². The third kappa shape index (κ3) is 8.54. The van der Waals surface area contributed by atoms with Crippen molar-refractivity contribution in [1.29, 1.82) is 0 Å². The number of cyclic esters (lactones) is 1. The molecule has 0 N–H and O–H groups in total. The summed E-state index contributed by atoms with van der Waals surface area (Å²) in [6, 6.07) is 9.99. The van der Waals surface area contributed by atoms with Crippen molar-refractivity contribution in [2.75, 3.05) is 20.3 Å². The van der Waals surface area contributed by atoms with Gasteiger partial charge in [-0.2, -0.15) is 0 Å². The Hall–Kier alpha value is -2.54. The monoisotopic (exact) mass is 516 g/mol. The number of thioether (sulfide) groups is 1. The highest BCUT2D eigenvalue weighted by molar-refractivity contribution is 8.00. The van der Waals surface area contributed by atoms with Crippen LogP contribution in [-0.2, 0) is 28.6 Å². The summed E-state index contributed by atoms with van der Waals surface area (Å²) >= 11 is 1.63. The van der Waals surface area contributed by atoms with Crippen LogP contribution in [-0.4, -0.2) is 43.5 Å². The summed E-state index contributed by atoms with van der Waals surface area (Å²) < 4.78 is 15.6. The van der Waals surface area contributed by atoms with E-state index < -0.39 is 17.4 Å². The number of rotatable bonds is 16. The molecule has 2 rings (SSSR count). The largest absolute Gasteiger partial charge is 0.468 e. The molecule has 7 heteroatoms. The number of hydrogen-bond donors (Lipinski definition) is 0. The van der Waals surface area contributed by atoms with Crippen molar-refractivity contribution >= 4 is 29.7 Å². The number of allylic oxidation sites excluding steroid dienone is 3. The maximum Gasteiger partial charge on any atom is 0.324 e. The summed E-state index contributed by atoms with van der Waals surface area (Å²) in [5.41, 5.74) is -1.41. The lowest BCUT2D eigenvalue weighted by molar-refractivity contribution is -0.164. The van der Waals surface area contributed by atoms with Gasteiger partial charge in [-0.05, 0) is 51.2 Å². The molecule has 0 spiro atoms. The molecular weight excluding hydrogens is 476 g/mol. The smallest absolute Gasteiger partial charge is 0.324 e. The van der Waals surface area contributed by atoms with E-state index in [0.717, 1.165) is 24.2 Å². The summed E-state index contributed by atoms with van der Waals surface area (Å²) in [5, 5.41) is -0.142. The molecule has 3 unspecified atom stereocenters. The highest BCUT2D eigenvalue weighted by atomic mass is 32.2. The van der Waals surface area contributed by atoms with Gasteiger partial charge in [-0.25, -0.2) is 0 Å². The quantitative estimate of drug-likeness (QED) is 0.0637. The summed E-state index contributed by atoms with van der Waals surface area (Å²) in [6.45, 7) is 4.49. The van der Waals surface area contributed by atoms with E-state index in [1.54, 1.807) is 18.7 Å². The van der Waals surface area contributed by atoms with E-state index in [2.05, 4.69) is 19.1 Å². The Bertz CT molecular complexity index is 881. The molecule has 6 nitrogen and oxygen atoms in total. The van der Waals surface area contributed by atoms with E-state index in [-0.39, 0.29) is 30.2 Å². The zero-order chi connectivity index (χ0) is 26.2. The van der Waals surface area contributed by atoms with Gasteiger partial charge in [0, 0.05) is 22.5 Å². The average Bonchev–Trinajstić information content (AvgIpc) is 3.22. The third-order valence-corrected chi connectivity index (χ3v) is 7.62. The van der Waals surface area contributed by atoms with Gasteiger partial charge in [0.05, 0.1) is 20.3 Å². The maximum absolute atomic E-state index is 13.2. The van der Waals surface area contributed by atoms with Gasteiger partial charge in [-0.15, -0.1) is 11.8 Å². The molecule has 198 valence electrons. The number of unbranched alkanes of at least 4 members (excludes halogenated alkanes) is 4. The molecule has 0 amide bonds. The van der Waals surface area contributed by atoms with Gasteiger partial charge in [0.2, 0.25) is 0 Å². The van der Waals surface area contributed by atoms with E-state index >= 15 is 0 Å². The summed E-state index contributed by atoms with van der Waals surface area (Å²) in [6.07, 6.45) is 14.2. The van der Waals surface area contributed by atoms with Crippen molar-refractivity contribution in [2.24, 2.45) is 11.3 Å². The Morgan fingerprint density at radius 2 is 1.86 bits per heavy atom. The van der Waals surface area contributed by atoms with Crippen LogP contribution in [0, 0.1) is 11.3 Å².